The van der Waals surface area contributed by atoms with E-state index in [9.17, 15) is 9.59 Å². The van der Waals surface area contributed by atoms with Crippen molar-refractivity contribution >= 4 is 23.4 Å². The van der Waals surface area contributed by atoms with E-state index in [0.29, 0.717) is 24.5 Å². The van der Waals surface area contributed by atoms with Crippen LogP contribution in [0.2, 0.25) is 0 Å². The topological polar surface area (TPSA) is 67.9 Å². The van der Waals surface area contributed by atoms with Crippen molar-refractivity contribution in [1.82, 2.24) is 10.2 Å². The highest BCUT2D eigenvalue weighted by atomic mass is 35.5. The number of nitrogens with one attached hydrogen (secondary N) is 1. The zero-order valence-electron chi connectivity index (χ0n) is 14.4. The average molecular weight is 385 g/mol. The van der Waals surface area contributed by atoms with E-state index in [1.54, 1.807) is 0 Å². The molecular formula is C20H17ClN2O4. The fourth-order valence-electron chi connectivity index (χ4n) is 3.03. The number of hydrogen-bond donors (Lipinski definition) is 1. The molecule has 2 aliphatic heterocycles. The maximum Gasteiger partial charge on any atom is 0.278 e. The normalized spacial score (nSPS) is 15.7. The maximum atomic E-state index is 12.6. The van der Waals surface area contributed by atoms with Crippen LogP contribution in [0.25, 0.3) is 0 Å². The number of benzene rings is 2. The monoisotopic (exact) mass is 384 g/mol. The van der Waals surface area contributed by atoms with Gasteiger partial charge in [-0.15, -0.1) is 0 Å². The molecule has 2 amide bonds. The number of carbonyl (C=O) groups is 2. The van der Waals surface area contributed by atoms with E-state index in [0.717, 1.165) is 11.1 Å². The highest BCUT2D eigenvalue weighted by molar-refractivity contribution is 6.47. The lowest BCUT2D eigenvalue weighted by Crippen LogP contribution is -2.35. The molecule has 0 saturated carbocycles. The lowest BCUT2D eigenvalue weighted by atomic mass is 10.1. The Morgan fingerprint density at radius 2 is 1.74 bits per heavy atom. The van der Waals surface area contributed by atoms with Crippen molar-refractivity contribution in [3.63, 3.8) is 0 Å². The Kier molecular flexibility index (Phi) is 4.73. The van der Waals surface area contributed by atoms with E-state index in [1.165, 1.54) is 4.90 Å². The number of hydrogen-bond acceptors (Lipinski definition) is 5. The molecular weight excluding hydrogens is 368 g/mol. The van der Waals surface area contributed by atoms with E-state index in [4.69, 9.17) is 21.1 Å². The van der Waals surface area contributed by atoms with Gasteiger partial charge in [-0.25, -0.2) is 0 Å². The Hall–Kier alpha value is -2.99. The fraction of sp³-hybridized carbons (Fsp3) is 0.200. The first-order valence-corrected chi connectivity index (χ1v) is 8.93. The Morgan fingerprint density at radius 3 is 2.56 bits per heavy atom. The van der Waals surface area contributed by atoms with Crippen molar-refractivity contribution in [2.75, 3.05) is 13.3 Å². The summed E-state index contributed by atoms with van der Waals surface area (Å²) in [6.07, 6.45) is 0.581. The summed E-state index contributed by atoms with van der Waals surface area (Å²) in [7, 11) is 0. The highest BCUT2D eigenvalue weighted by Gasteiger charge is 2.37. The molecule has 2 heterocycles. The molecule has 0 unspecified atom stereocenters. The molecule has 0 saturated heterocycles. The smallest absolute Gasteiger partial charge is 0.278 e. The van der Waals surface area contributed by atoms with Crippen molar-refractivity contribution in [3.05, 3.63) is 70.4 Å². The second-order valence-electron chi connectivity index (χ2n) is 6.23. The molecule has 138 valence electrons. The minimum absolute atomic E-state index is 0.0752. The standard InChI is InChI=1S/C20H17ClN2O4/c21-17-18(22-11-14-6-7-15-16(10-14)27-12-26-15)20(25)23(19(17)24)9-8-13-4-2-1-3-5-13/h1-7,10,22H,8-9,11-12H2. The molecule has 0 atom stereocenters. The van der Waals surface area contributed by atoms with Crippen molar-refractivity contribution < 1.29 is 19.1 Å². The van der Waals surface area contributed by atoms with E-state index in [2.05, 4.69) is 5.32 Å². The largest absolute Gasteiger partial charge is 0.454 e. The van der Waals surface area contributed by atoms with Crippen LogP contribution in [0.5, 0.6) is 11.5 Å². The maximum absolute atomic E-state index is 12.6. The first-order chi connectivity index (χ1) is 13.1. The summed E-state index contributed by atoms with van der Waals surface area (Å²) in [4.78, 5) is 26.1. The molecule has 0 radical (unpaired) electrons. The van der Waals surface area contributed by atoms with Crippen LogP contribution in [0, 0.1) is 0 Å². The quantitative estimate of drug-likeness (QED) is 0.775. The molecule has 1 N–H and O–H groups in total. The van der Waals surface area contributed by atoms with Gasteiger partial charge in [-0.3, -0.25) is 14.5 Å². The van der Waals surface area contributed by atoms with Crippen LogP contribution >= 0.6 is 11.6 Å². The van der Waals surface area contributed by atoms with Gasteiger partial charge in [0.25, 0.3) is 11.8 Å². The van der Waals surface area contributed by atoms with Crippen molar-refractivity contribution in [3.8, 4) is 11.5 Å². The molecule has 6 nitrogen and oxygen atoms in total. The van der Waals surface area contributed by atoms with Crippen LogP contribution in [-0.2, 0) is 22.6 Å². The van der Waals surface area contributed by atoms with Crippen LogP contribution in [0.4, 0.5) is 0 Å². The summed E-state index contributed by atoms with van der Waals surface area (Å²) in [6.45, 7) is 0.827. The van der Waals surface area contributed by atoms with Gasteiger partial charge in [-0.1, -0.05) is 48.0 Å². The van der Waals surface area contributed by atoms with Crippen molar-refractivity contribution in [1.29, 1.82) is 0 Å². The lowest BCUT2D eigenvalue weighted by molar-refractivity contribution is -0.137. The van der Waals surface area contributed by atoms with Crippen LogP contribution in [0.1, 0.15) is 11.1 Å². The minimum atomic E-state index is -0.467. The molecule has 27 heavy (non-hydrogen) atoms. The number of carbonyl (C=O) groups excluding carboxylic acids is 2. The molecule has 2 aliphatic rings. The number of imide groups is 1. The second kappa shape index (κ2) is 7.32. The third-order valence-electron chi connectivity index (χ3n) is 4.48. The molecule has 0 aromatic heterocycles. The lowest BCUT2D eigenvalue weighted by Gasteiger charge is -2.15. The van der Waals surface area contributed by atoms with Crippen LogP contribution in [-0.4, -0.2) is 30.1 Å². The first kappa shape index (κ1) is 17.4. The average Bonchev–Trinajstić information content (AvgIpc) is 3.23. The fourth-order valence-corrected chi connectivity index (χ4v) is 3.28. The number of rotatable bonds is 6. The molecule has 0 aliphatic carbocycles. The van der Waals surface area contributed by atoms with Crippen LogP contribution in [0.3, 0.4) is 0 Å². The predicted molar refractivity (Wildman–Crippen MR) is 99.1 cm³/mol. The van der Waals surface area contributed by atoms with Gasteiger partial charge in [0.1, 0.15) is 10.7 Å². The Bertz CT molecular complexity index is 927. The van der Waals surface area contributed by atoms with Gasteiger partial charge in [0.15, 0.2) is 11.5 Å². The number of amides is 2. The Labute approximate surface area is 161 Å². The molecule has 0 bridgehead atoms. The second-order valence-corrected chi connectivity index (χ2v) is 6.61. The van der Waals surface area contributed by atoms with E-state index in [1.807, 2.05) is 48.5 Å². The first-order valence-electron chi connectivity index (χ1n) is 8.56. The van der Waals surface area contributed by atoms with E-state index >= 15 is 0 Å². The van der Waals surface area contributed by atoms with Gasteiger partial charge in [0, 0.05) is 13.1 Å². The van der Waals surface area contributed by atoms with Gasteiger partial charge in [0.2, 0.25) is 6.79 Å². The van der Waals surface area contributed by atoms with Gasteiger partial charge in [-0.2, -0.15) is 0 Å². The zero-order valence-corrected chi connectivity index (χ0v) is 15.2. The molecule has 2 aromatic carbocycles. The summed E-state index contributed by atoms with van der Waals surface area (Å²) in [6, 6.07) is 15.2. The van der Waals surface area contributed by atoms with Crippen LogP contribution in [0.15, 0.2) is 59.3 Å². The van der Waals surface area contributed by atoms with Gasteiger partial charge >= 0.3 is 0 Å². The van der Waals surface area contributed by atoms with Gasteiger partial charge in [-0.05, 0) is 29.7 Å². The molecule has 0 fully saturated rings. The predicted octanol–water partition coefficient (Wildman–Crippen LogP) is 2.57. The Balaban J connectivity index is 1.40. The SMILES string of the molecule is O=C1C(Cl)=C(NCc2ccc3c(c2)OCO3)C(=O)N1CCc1ccccc1. The third kappa shape index (κ3) is 3.48. The molecule has 0 spiro atoms. The number of halogens is 1. The summed E-state index contributed by atoms with van der Waals surface area (Å²) in [5, 5.41) is 2.91. The van der Waals surface area contributed by atoms with Crippen molar-refractivity contribution in [2.45, 2.75) is 13.0 Å². The third-order valence-corrected chi connectivity index (χ3v) is 4.84. The number of nitrogens with zero attached hydrogens (tertiary/aromatic N) is 1. The highest BCUT2D eigenvalue weighted by Crippen LogP contribution is 2.32. The summed E-state index contributed by atoms with van der Waals surface area (Å²) in [5.74, 6) is 0.482. The Morgan fingerprint density at radius 1 is 0.963 bits per heavy atom. The van der Waals surface area contributed by atoms with E-state index < -0.39 is 11.8 Å². The molecule has 4 rings (SSSR count). The number of ether oxygens (including phenoxy) is 2. The summed E-state index contributed by atoms with van der Waals surface area (Å²) >= 11 is 6.12. The summed E-state index contributed by atoms with van der Waals surface area (Å²) < 4.78 is 10.6. The van der Waals surface area contributed by atoms with Crippen molar-refractivity contribution in [2.24, 2.45) is 0 Å². The molecule has 2 aromatic rings. The van der Waals surface area contributed by atoms with Gasteiger partial charge < -0.3 is 14.8 Å². The molecule has 7 heteroatoms. The minimum Gasteiger partial charge on any atom is -0.454 e. The number of fused-ring (bicyclic) bond motifs is 1. The summed E-state index contributed by atoms with van der Waals surface area (Å²) in [5.41, 5.74) is 2.07. The van der Waals surface area contributed by atoms with Crippen LogP contribution < -0.4 is 14.8 Å². The zero-order chi connectivity index (χ0) is 18.8. The van der Waals surface area contributed by atoms with E-state index in [-0.39, 0.29) is 24.1 Å². The van der Waals surface area contributed by atoms with Gasteiger partial charge in [0.05, 0.1) is 0 Å².